The van der Waals surface area contributed by atoms with Crippen LogP contribution < -0.4 is 4.72 Å². The summed E-state index contributed by atoms with van der Waals surface area (Å²) in [5.41, 5.74) is 1.77. The highest BCUT2D eigenvalue weighted by Gasteiger charge is 2.28. The molecule has 0 heterocycles. The highest BCUT2D eigenvalue weighted by atomic mass is 32.2. The molecule has 0 bridgehead atoms. The topological polar surface area (TPSA) is 66.4 Å². The van der Waals surface area contributed by atoms with Crippen LogP contribution in [-0.2, 0) is 10.0 Å². The number of rotatable bonds is 3. The summed E-state index contributed by atoms with van der Waals surface area (Å²) >= 11 is 0. The Balaban J connectivity index is 2.22. The molecular weight excluding hydrogens is 262 g/mol. The molecule has 0 aromatic heterocycles. The van der Waals surface area contributed by atoms with E-state index in [4.69, 9.17) is 0 Å². The summed E-state index contributed by atoms with van der Waals surface area (Å²) in [6, 6.07) is 4.91. The smallest absolute Gasteiger partial charge is 0.241 e. The predicted octanol–water partition coefficient (Wildman–Crippen LogP) is 1.89. The Bertz CT molecular complexity index is 554. The SMILES string of the molecule is Cc1ccc(S(=O)(=O)NC2CCCCC2O)c(C)c1. The fourth-order valence-corrected chi connectivity index (χ4v) is 4.14. The number of aliphatic hydroxyl groups is 1. The zero-order chi connectivity index (χ0) is 14.0. The van der Waals surface area contributed by atoms with Crippen molar-refractivity contribution in [1.82, 2.24) is 4.72 Å². The lowest BCUT2D eigenvalue weighted by Gasteiger charge is -2.28. The van der Waals surface area contributed by atoms with Crippen LogP contribution in [0.25, 0.3) is 0 Å². The van der Waals surface area contributed by atoms with Crippen molar-refractivity contribution in [2.75, 3.05) is 0 Å². The molecule has 1 aromatic carbocycles. The molecule has 1 aromatic rings. The molecule has 106 valence electrons. The van der Waals surface area contributed by atoms with Gasteiger partial charge in [0.2, 0.25) is 10.0 Å². The first-order chi connectivity index (χ1) is 8.90. The number of aliphatic hydroxyl groups excluding tert-OH is 1. The Morgan fingerprint density at radius 2 is 1.89 bits per heavy atom. The van der Waals surface area contributed by atoms with E-state index in [-0.39, 0.29) is 6.04 Å². The van der Waals surface area contributed by atoms with Gasteiger partial charge in [0.1, 0.15) is 0 Å². The quantitative estimate of drug-likeness (QED) is 0.890. The van der Waals surface area contributed by atoms with E-state index in [2.05, 4.69) is 4.72 Å². The zero-order valence-electron chi connectivity index (χ0n) is 11.4. The first kappa shape index (κ1) is 14.5. The van der Waals surface area contributed by atoms with Gasteiger partial charge in [-0.25, -0.2) is 13.1 Å². The fourth-order valence-electron chi connectivity index (χ4n) is 2.61. The number of nitrogens with one attached hydrogen (secondary N) is 1. The summed E-state index contributed by atoms with van der Waals surface area (Å²) in [7, 11) is -3.55. The molecule has 2 rings (SSSR count). The molecule has 0 amide bonds. The van der Waals surface area contributed by atoms with Crippen molar-refractivity contribution in [2.45, 2.75) is 56.6 Å². The predicted molar refractivity (Wildman–Crippen MR) is 74.5 cm³/mol. The van der Waals surface area contributed by atoms with E-state index in [9.17, 15) is 13.5 Å². The minimum atomic E-state index is -3.55. The second-order valence-electron chi connectivity index (χ2n) is 5.35. The Kier molecular flexibility index (Phi) is 4.28. The van der Waals surface area contributed by atoms with Crippen LogP contribution in [0.15, 0.2) is 23.1 Å². The molecule has 1 aliphatic rings. The van der Waals surface area contributed by atoms with Crippen LogP contribution in [0.2, 0.25) is 0 Å². The maximum absolute atomic E-state index is 12.4. The standard InChI is InChI=1S/C14H21NO3S/c1-10-7-8-14(11(2)9-10)19(17,18)15-12-5-3-4-6-13(12)16/h7-9,12-13,15-16H,3-6H2,1-2H3. The third kappa shape index (κ3) is 3.35. The van der Waals surface area contributed by atoms with E-state index in [0.717, 1.165) is 24.0 Å². The monoisotopic (exact) mass is 283 g/mol. The molecule has 2 atom stereocenters. The lowest BCUT2D eigenvalue weighted by atomic mass is 9.93. The molecule has 5 heteroatoms. The Morgan fingerprint density at radius 1 is 1.21 bits per heavy atom. The average Bonchev–Trinajstić information content (AvgIpc) is 2.31. The van der Waals surface area contributed by atoms with Gasteiger partial charge in [0.25, 0.3) is 0 Å². The Morgan fingerprint density at radius 3 is 2.53 bits per heavy atom. The van der Waals surface area contributed by atoms with Crippen LogP contribution >= 0.6 is 0 Å². The number of hydrogen-bond donors (Lipinski definition) is 2. The normalized spacial score (nSPS) is 24.4. The molecule has 0 saturated heterocycles. The Hall–Kier alpha value is -0.910. The van der Waals surface area contributed by atoms with Crippen molar-refractivity contribution in [3.63, 3.8) is 0 Å². The highest BCUT2D eigenvalue weighted by molar-refractivity contribution is 7.89. The minimum Gasteiger partial charge on any atom is -0.391 e. The molecule has 4 nitrogen and oxygen atoms in total. The van der Waals surface area contributed by atoms with E-state index in [1.165, 1.54) is 0 Å². The summed E-state index contributed by atoms with van der Waals surface area (Å²) in [5.74, 6) is 0. The van der Waals surface area contributed by atoms with Gasteiger partial charge in [-0.1, -0.05) is 30.5 Å². The number of sulfonamides is 1. The van der Waals surface area contributed by atoms with Crippen LogP contribution in [0.3, 0.4) is 0 Å². The van der Waals surface area contributed by atoms with Crippen molar-refractivity contribution in [3.05, 3.63) is 29.3 Å². The lowest BCUT2D eigenvalue weighted by molar-refractivity contribution is 0.101. The van der Waals surface area contributed by atoms with Crippen molar-refractivity contribution in [1.29, 1.82) is 0 Å². The van der Waals surface area contributed by atoms with Crippen molar-refractivity contribution in [2.24, 2.45) is 0 Å². The molecule has 2 N–H and O–H groups in total. The molecule has 1 aliphatic carbocycles. The maximum atomic E-state index is 12.4. The third-order valence-corrected chi connectivity index (χ3v) is 5.31. The van der Waals surface area contributed by atoms with Crippen molar-refractivity contribution in [3.8, 4) is 0 Å². The number of benzene rings is 1. The molecular formula is C14H21NO3S. The van der Waals surface area contributed by atoms with Gasteiger partial charge in [-0.15, -0.1) is 0 Å². The van der Waals surface area contributed by atoms with Gasteiger partial charge in [-0.2, -0.15) is 0 Å². The zero-order valence-corrected chi connectivity index (χ0v) is 12.2. The highest BCUT2D eigenvalue weighted by Crippen LogP contribution is 2.22. The van der Waals surface area contributed by atoms with Gasteiger partial charge >= 0.3 is 0 Å². The second-order valence-corrected chi connectivity index (χ2v) is 7.03. The van der Waals surface area contributed by atoms with Gasteiger partial charge in [0.15, 0.2) is 0 Å². The van der Waals surface area contributed by atoms with E-state index in [1.807, 2.05) is 13.0 Å². The molecule has 19 heavy (non-hydrogen) atoms. The van der Waals surface area contributed by atoms with Crippen LogP contribution in [-0.4, -0.2) is 25.7 Å². The molecule has 0 radical (unpaired) electrons. The number of aryl methyl sites for hydroxylation is 2. The second kappa shape index (κ2) is 5.61. The van der Waals surface area contributed by atoms with Gasteiger partial charge in [-0.3, -0.25) is 0 Å². The maximum Gasteiger partial charge on any atom is 0.241 e. The fraction of sp³-hybridized carbons (Fsp3) is 0.571. The molecule has 1 fully saturated rings. The third-order valence-electron chi connectivity index (χ3n) is 3.66. The van der Waals surface area contributed by atoms with Crippen LogP contribution in [0.1, 0.15) is 36.8 Å². The lowest BCUT2D eigenvalue weighted by Crippen LogP contribution is -2.45. The summed E-state index contributed by atoms with van der Waals surface area (Å²) < 4.78 is 27.4. The molecule has 2 unspecified atom stereocenters. The summed E-state index contributed by atoms with van der Waals surface area (Å²) in [4.78, 5) is 0.302. The van der Waals surface area contributed by atoms with Gasteiger partial charge in [0, 0.05) is 6.04 Å². The molecule has 0 spiro atoms. The summed E-state index contributed by atoms with van der Waals surface area (Å²) in [5, 5.41) is 9.87. The van der Waals surface area contributed by atoms with Crippen LogP contribution in [0.4, 0.5) is 0 Å². The Labute approximate surface area is 114 Å². The first-order valence-electron chi connectivity index (χ1n) is 6.68. The van der Waals surface area contributed by atoms with Crippen molar-refractivity contribution < 1.29 is 13.5 Å². The van der Waals surface area contributed by atoms with Crippen molar-refractivity contribution >= 4 is 10.0 Å². The van der Waals surface area contributed by atoms with Gasteiger partial charge < -0.3 is 5.11 Å². The van der Waals surface area contributed by atoms with E-state index < -0.39 is 16.1 Å². The molecule has 1 saturated carbocycles. The summed E-state index contributed by atoms with van der Waals surface area (Å²) in [6.45, 7) is 3.72. The largest absolute Gasteiger partial charge is 0.391 e. The molecule has 0 aliphatic heterocycles. The van der Waals surface area contributed by atoms with Gasteiger partial charge in [-0.05, 0) is 38.3 Å². The van der Waals surface area contributed by atoms with E-state index in [0.29, 0.717) is 17.7 Å². The van der Waals surface area contributed by atoms with Crippen LogP contribution in [0, 0.1) is 13.8 Å². The van der Waals surface area contributed by atoms with Crippen LogP contribution in [0.5, 0.6) is 0 Å². The average molecular weight is 283 g/mol. The minimum absolute atomic E-state index is 0.302. The van der Waals surface area contributed by atoms with E-state index in [1.54, 1.807) is 19.1 Å². The van der Waals surface area contributed by atoms with Gasteiger partial charge in [0.05, 0.1) is 11.0 Å². The first-order valence-corrected chi connectivity index (χ1v) is 8.16. The number of hydrogen-bond acceptors (Lipinski definition) is 3. The summed E-state index contributed by atoms with van der Waals surface area (Å²) in [6.07, 6.45) is 2.71. The van der Waals surface area contributed by atoms with E-state index >= 15 is 0 Å².